The van der Waals surface area contributed by atoms with Crippen molar-refractivity contribution < 1.29 is 49.3 Å². The second kappa shape index (κ2) is 31.1. The van der Waals surface area contributed by atoms with Crippen LogP contribution < -0.4 is 14.7 Å². The second-order valence-corrected chi connectivity index (χ2v) is 23.7. The van der Waals surface area contributed by atoms with Gasteiger partial charge in [0.25, 0.3) is 0 Å². The molecule has 0 aromatic heterocycles. The fourth-order valence-corrected chi connectivity index (χ4v) is 5.56. The van der Waals surface area contributed by atoms with Crippen LogP contribution in [0.4, 0.5) is 0 Å². The van der Waals surface area contributed by atoms with Crippen LogP contribution in [0.2, 0.25) is 0 Å². The molecule has 240 valence electrons. The third-order valence-electron chi connectivity index (χ3n) is 6.03. The Hall–Kier alpha value is 3.45. The summed E-state index contributed by atoms with van der Waals surface area (Å²) in [5.74, 6) is 1.37. The minimum atomic E-state index is -3.10. The fourth-order valence-electron chi connectivity index (χ4n) is 3.28. The average molecular weight is 817 g/mol. The van der Waals surface area contributed by atoms with E-state index in [0.29, 0.717) is 37.6 Å². The summed E-state index contributed by atoms with van der Waals surface area (Å²) in [6.45, 7) is 14.1. The number of rotatable bonds is 21. The van der Waals surface area contributed by atoms with Gasteiger partial charge >= 0.3 is 21.1 Å². The van der Waals surface area contributed by atoms with Crippen LogP contribution >= 0.6 is 17.1 Å². The normalized spacial score (nSPS) is 17.7. The van der Waals surface area contributed by atoms with E-state index in [1.54, 1.807) is 0 Å². The largest absolute Gasteiger partial charge is 6.00 e. The van der Waals surface area contributed by atoms with Gasteiger partial charge in [0.15, 0.2) is 0 Å². The van der Waals surface area contributed by atoms with Crippen molar-refractivity contribution in [3.8, 4) is 0 Å². The number of hydrogen-bond acceptors (Lipinski definition) is 12. The van der Waals surface area contributed by atoms with Gasteiger partial charge in [0.05, 0.1) is 19.8 Å². The molecule has 0 fully saturated rings. The molecule has 0 aromatic rings. The van der Waals surface area contributed by atoms with Crippen LogP contribution in [0.25, 0.3) is 0 Å². The zero-order valence-corrected chi connectivity index (χ0v) is 34.6. The standard InChI is InChI=1S/3C8H19O2PS2.Mo/c3*1-3-5-6-8(4-2)7-10-11(9,12)13;/h3*8H,3-7H2,1-2H3,(H2,9,12,13);/q;;;+6/p-6. The molecule has 6 atom stereocenters. The summed E-state index contributed by atoms with van der Waals surface area (Å²) in [5, 5.41) is 0. The van der Waals surface area contributed by atoms with Gasteiger partial charge < -0.3 is 65.0 Å². The van der Waals surface area contributed by atoms with Crippen LogP contribution in [-0.4, -0.2) is 19.8 Å². The predicted octanol–water partition coefficient (Wildman–Crippen LogP) is 7.05. The average Bonchev–Trinajstić information content (AvgIpc) is 2.83. The molecule has 0 aromatic carbocycles. The number of unbranched alkanes of at least 4 members (excludes halogenated alkanes) is 3. The Morgan fingerprint density at radius 1 is 0.525 bits per heavy atom. The zero-order chi connectivity index (χ0) is 31.0. The molecule has 0 N–H and O–H groups in total. The van der Waals surface area contributed by atoms with Gasteiger partial charge in [-0.15, -0.1) is 52.5 Å². The van der Waals surface area contributed by atoms with E-state index in [-0.39, 0.29) is 21.1 Å². The van der Waals surface area contributed by atoms with Crippen LogP contribution in [-0.2, 0) is 107 Å². The Labute approximate surface area is 292 Å². The number of hydrogen-bond donors (Lipinski definition) is 0. The first-order valence-corrected chi connectivity index (χ1v) is 24.9. The third kappa shape index (κ3) is 43.6. The Balaban J connectivity index is -0.000000240. The SMILES string of the molecule is CCCCC(CC)COP([O-])(=S)[S-].CCCCC(CC)COP([O-])(=S)[S-].CCCCC(CC)COP([O-])(=S)[S-].[Mo+6]. The Bertz CT molecular complexity index is 606. The van der Waals surface area contributed by atoms with Gasteiger partial charge in [-0.3, -0.25) is 0 Å². The summed E-state index contributed by atoms with van der Waals surface area (Å²) < 4.78 is 14.9. The second-order valence-electron chi connectivity index (χ2n) is 9.48. The van der Waals surface area contributed by atoms with Crippen LogP contribution in [0, 0.1) is 17.8 Å². The summed E-state index contributed by atoms with van der Waals surface area (Å²) in [5.41, 5.74) is -9.29. The van der Waals surface area contributed by atoms with Crippen molar-refractivity contribution in [2.75, 3.05) is 19.8 Å². The van der Waals surface area contributed by atoms with E-state index >= 15 is 0 Å². The quantitative estimate of drug-likeness (QED) is 0.0675. The molecule has 0 amide bonds. The first kappa shape index (κ1) is 50.3. The molecule has 0 rings (SSSR count). The van der Waals surface area contributed by atoms with E-state index < -0.39 is 17.1 Å². The molecule has 0 radical (unpaired) electrons. The van der Waals surface area contributed by atoms with Gasteiger partial charge in [0.1, 0.15) is 0 Å². The van der Waals surface area contributed by atoms with Crippen molar-refractivity contribution in [2.24, 2.45) is 17.8 Å². The van der Waals surface area contributed by atoms with Crippen molar-refractivity contribution in [3.05, 3.63) is 0 Å². The molecule has 16 heteroatoms. The maximum Gasteiger partial charge on any atom is 6.00 e. The van der Waals surface area contributed by atoms with E-state index in [9.17, 15) is 14.7 Å². The molecule has 0 saturated heterocycles. The van der Waals surface area contributed by atoms with Gasteiger partial charge in [-0.25, -0.2) is 0 Å². The van der Waals surface area contributed by atoms with Crippen molar-refractivity contribution in [2.45, 2.75) is 119 Å². The van der Waals surface area contributed by atoms with Crippen molar-refractivity contribution in [1.29, 1.82) is 0 Å². The predicted molar refractivity (Wildman–Crippen MR) is 183 cm³/mol. The molecule has 0 spiro atoms. The molecule has 0 saturated carbocycles. The van der Waals surface area contributed by atoms with Gasteiger partial charge in [0.2, 0.25) is 0 Å². The van der Waals surface area contributed by atoms with Gasteiger partial charge in [-0.05, 0) is 37.0 Å². The van der Waals surface area contributed by atoms with Crippen LogP contribution in [0.15, 0.2) is 0 Å². The Morgan fingerprint density at radius 3 is 0.850 bits per heavy atom. The minimum Gasteiger partial charge on any atom is -0.819 e. The molecule has 0 bridgehead atoms. The Morgan fingerprint density at radius 2 is 0.725 bits per heavy atom. The maximum absolute atomic E-state index is 10.9. The van der Waals surface area contributed by atoms with E-state index in [2.05, 4.69) is 114 Å². The van der Waals surface area contributed by atoms with Gasteiger partial charge in [-0.2, -0.15) is 0 Å². The molecular formula is C24H51MoO6P3S6. The minimum absolute atomic E-state index is 0. The molecule has 0 aliphatic carbocycles. The van der Waals surface area contributed by atoms with Gasteiger partial charge in [-0.1, -0.05) is 99.3 Å². The van der Waals surface area contributed by atoms with Crippen LogP contribution in [0.3, 0.4) is 0 Å². The zero-order valence-electron chi connectivity index (χ0n) is 25.0. The molecule has 40 heavy (non-hydrogen) atoms. The molecule has 0 aliphatic rings. The van der Waals surface area contributed by atoms with Crippen LogP contribution in [0.1, 0.15) is 119 Å². The van der Waals surface area contributed by atoms with E-state index in [1.165, 1.54) is 38.5 Å². The van der Waals surface area contributed by atoms with Gasteiger partial charge in [0, 0.05) is 0 Å². The topological polar surface area (TPSA) is 96.9 Å². The summed E-state index contributed by atoms with van der Waals surface area (Å²) >= 11 is 27.1. The molecule has 0 heterocycles. The smallest absolute Gasteiger partial charge is 0.819 e. The molecule has 6 unspecified atom stereocenters. The van der Waals surface area contributed by atoms with E-state index in [1.807, 2.05) is 0 Å². The Kier molecular flexibility index (Phi) is 39.1. The first-order valence-electron chi connectivity index (χ1n) is 14.0. The molecular weight excluding hydrogens is 766 g/mol. The van der Waals surface area contributed by atoms with Crippen molar-refractivity contribution in [3.63, 3.8) is 0 Å². The van der Waals surface area contributed by atoms with Crippen LogP contribution in [0.5, 0.6) is 0 Å². The maximum atomic E-state index is 10.9. The van der Waals surface area contributed by atoms with E-state index in [0.717, 1.165) is 38.5 Å². The molecule has 6 nitrogen and oxygen atoms in total. The third-order valence-corrected chi connectivity index (χ3v) is 9.33. The van der Waals surface area contributed by atoms with Crippen molar-refractivity contribution >= 4 is 89.2 Å². The summed E-state index contributed by atoms with van der Waals surface area (Å²) in [4.78, 5) is 32.7. The summed E-state index contributed by atoms with van der Waals surface area (Å²) in [6.07, 6.45) is 13.5. The van der Waals surface area contributed by atoms with Crippen molar-refractivity contribution in [1.82, 2.24) is 0 Å². The molecule has 0 aliphatic heterocycles. The first-order chi connectivity index (χ1) is 18.0. The van der Waals surface area contributed by atoms with E-state index in [4.69, 9.17) is 13.6 Å². The summed E-state index contributed by atoms with van der Waals surface area (Å²) in [7, 11) is 0. The summed E-state index contributed by atoms with van der Waals surface area (Å²) in [6, 6.07) is 0. The monoisotopic (exact) mass is 818 g/mol. The fraction of sp³-hybridized carbons (Fsp3) is 1.00.